The summed E-state index contributed by atoms with van der Waals surface area (Å²) in [7, 11) is 0.825. The summed E-state index contributed by atoms with van der Waals surface area (Å²) in [5.41, 5.74) is 5.67. The smallest absolute Gasteiger partial charge is 0.236 e. The van der Waals surface area contributed by atoms with Crippen molar-refractivity contribution < 1.29 is 13.7 Å². The maximum Gasteiger partial charge on any atom is 0.236 e. The van der Waals surface area contributed by atoms with Crippen LogP contribution in [0.3, 0.4) is 0 Å². The molecule has 16 heavy (non-hydrogen) atoms. The summed E-state index contributed by atoms with van der Waals surface area (Å²) in [6.45, 7) is 1.16. The molecule has 0 radical (unpaired) electrons. The van der Waals surface area contributed by atoms with Crippen LogP contribution >= 0.6 is 0 Å². The van der Waals surface area contributed by atoms with Crippen LogP contribution in [0, 0.1) is 0 Å². The fraction of sp³-hybridized carbons (Fsp3) is 0.900. The van der Waals surface area contributed by atoms with E-state index in [2.05, 4.69) is 5.32 Å². The highest BCUT2D eigenvalue weighted by Crippen LogP contribution is 1.95. The standard InChI is InChI=1S/C10H22N2O3S/c1-15-7-3-5-9(11)10(13)12-6-4-8-16(2)14/h9H,3-8,11H2,1-2H3,(H,12,13). The third-order valence-electron chi connectivity index (χ3n) is 2.11. The van der Waals surface area contributed by atoms with E-state index in [0.29, 0.717) is 25.3 Å². The largest absolute Gasteiger partial charge is 0.385 e. The van der Waals surface area contributed by atoms with Gasteiger partial charge in [0, 0.05) is 43.1 Å². The molecule has 0 aliphatic carbocycles. The molecular weight excluding hydrogens is 228 g/mol. The van der Waals surface area contributed by atoms with Gasteiger partial charge in [0.2, 0.25) is 5.91 Å². The van der Waals surface area contributed by atoms with Crippen molar-refractivity contribution in [2.75, 3.05) is 32.3 Å². The highest BCUT2D eigenvalue weighted by Gasteiger charge is 2.11. The molecule has 0 heterocycles. The molecule has 1 amide bonds. The molecule has 5 nitrogen and oxygen atoms in total. The van der Waals surface area contributed by atoms with Crippen LogP contribution in [-0.4, -0.2) is 48.4 Å². The number of amides is 1. The predicted octanol–water partition coefficient (Wildman–Crippen LogP) is -0.375. The Labute approximate surface area is 99.6 Å². The van der Waals surface area contributed by atoms with E-state index in [0.717, 1.165) is 12.8 Å². The van der Waals surface area contributed by atoms with E-state index in [9.17, 15) is 9.00 Å². The summed E-state index contributed by atoms with van der Waals surface area (Å²) in [4.78, 5) is 11.4. The van der Waals surface area contributed by atoms with Gasteiger partial charge in [0.1, 0.15) is 0 Å². The van der Waals surface area contributed by atoms with Crippen molar-refractivity contribution in [3.63, 3.8) is 0 Å². The summed E-state index contributed by atoms with van der Waals surface area (Å²) >= 11 is 0. The van der Waals surface area contributed by atoms with Crippen LogP contribution in [-0.2, 0) is 20.3 Å². The number of methoxy groups -OCH3 is 1. The van der Waals surface area contributed by atoms with E-state index in [4.69, 9.17) is 10.5 Å². The number of hydrogen-bond donors (Lipinski definition) is 2. The van der Waals surface area contributed by atoms with E-state index < -0.39 is 16.8 Å². The molecule has 0 bridgehead atoms. The van der Waals surface area contributed by atoms with Gasteiger partial charge in [-0.05, 0) is 19.3 Å². The van der Waals surface area contributed by atoms with Crippen molar-refractivity contribution in [2.45, 2.75) is 25.3 Å². The Kier molecular flexibility index (Phi) is 9.46. The summed E-state index contributed by atoms with van der Waals surface area (Å²) in [5, 5.41) is 2.73. The number of carbonyl (C=O) groups excluding carboxylic acids is 1. The first-order chi connectivity index (χ1) is 7.57. The van der Waals surface area contributed by atoms with E-state index in [1.54, 1.807) is 13.4 Å². The van der Waals surface area contributed by atoms with Crippen LogP contribution in [0.25, 0.3) is 0 Å². The second kappa shape index (κ2) is 9.74. The van der Waals surface area contributed by atoms with Crippen molar-refractivity contribution in [1.82, 2.24) is 5.32 Å². The van der Waals surface area contributed by atoms with Gasteiger partial charge in [0.25, 0.3) is 0 Å². The molecule has 0 aromatic carbocycles. The van der Waals surface area contributed by atoms with E-state index >= 15 is 0 Å². The lowest BCUT2D eigenvalue weighted by molar-refractivity contribution is -0.122. The zero-order valence-electron chi connectivity index (χ0n) is 10.0. The molecule has 0 fully saturated rings. The topological polar surface area (TPSA) is 81.4 Å². The zero-order valence-corrected chi connectivity index (χ0v) is 10.8. The lowest BCUT2D eigenvalue weighted by Crippen LogP contribution is -2.41. The molecule has 0 rings (SSSR count). The van der Waals surface area contributed by atoms with Crippen molar-refractivity contribution in [2.24, 2.45) is 5.73 Å². The first-order valence-corrected chi connectivity index (χ1v) is 7.13. The average Bonchev–Trinajstić information content (AvgIpc) is 2.24. The van der Waals surface area contributed by atoms with Gasteiger partial charge in [-0.2, -0.15) is 0 Å². The summed E-state index contributed by atoms with van der Waals surface area (Å²) in [6, 6.07) is -0.470. The number of carbonyl (C=O) groups is 1. The minimum atomic E-state index is -0.796. The van der Waals surface area contributed by atoms with Gasteiger partial charge >= 0.3 is 0 Å². The molecule has 2 atom stereocenters. The van der Waals surface area contributed by atoms with E-state index in [1.165, 1.54) is 0 Å². The average molecular weight is 250 g/mol. The highest BCUT2D eigenvalue weighted by molar-refractivity contribution is 7.84. The molecule has 0 spiro atoms. The monoisotopic (exact) mass is 250 g/mol. The Bertz CT molecular complexity index is 224. The Hall–Kier alpha value is -0.460. The maximum absolute atomic E-state index is 11.4. The van der Waals surface area contributed by atoms with Gasteiger partial charge < -0.3 is 15.8 Å². The predicted molar refractivity (Wildman–Crippen MR) is 65.6 cm³/mol. The van der Waals surface area contributed by atoms with Gasteiger partial charge in [0.05, 0.1) is 6.04 Å². The summed E-state index contributed by atoms with van der Waals surface area (Å²) in [6.07, 6.45) is 3.78. The van der Waals surface area contributed by atoms with Gasteiger partial charge in [-0.3, -0.25) is 9.00 Å². The van der Waals surface area contributed by atoms with Gasteiger partial charge in [-0.15, -0.1) is 0 Å². The third-order valence-corrected chi connectivity index (χ3v) is 2.97. The van der Waals surface area contributed by atoms with Crippen LogP contribution < -0.4 is 11.1 Å². The quantitative estimate of drug-likeness (QED) is 0.547. The number of hydrogen-bond acceptors (Lipinski definition) is 4. The van der Waals surface area contributed by atoms with Gasteiger partial charge in [-0.25, -0.2) is 0 Å². The molecular formula is C10H22N2O3S. The Balaban J connectivity index is 3.51. The fourth-order valence-electron chi connectivity index (χ4n) is 1.20. The number of ether oxygens (including phenoxy) is 1. The number of rotatable bonds is 9. The molecule has 96 valence electrons. The van der Waals surface area contributed by atoms with Crippen molar-refractivity contribution in [3.8, 4) is 0 Å². The van der Waals surface area contributed by atoms with Crippen LogP contribution in [0.15, 0.2) is 0 Å². The first-order valence-electron chi connectivity index (χ1n) is 5.40. The molecule has 2 unspecified atom stereocenters. The molecule has 6 heteroatoms. The molecule has 0 saturated heterocycles. The Morgan fingerprint density at radius 3 is 2.75 bits per heavy atom. The summed E-state index contributed by atoms with van der Waals surface area (Å²) in [5.74, 6) is 0.470. The molecule has 0 aromatic heterocycles. The van der Waals surface area contributed by atoms with Gasteiger partial charge in [0.15, 0.2) is 0 Å². The molecule has 3 N–H and O–H groups in total. The second-order valence-corrected chi connectivity index (χ2v) is 5.22. The van der Waals surface area contributed by atoms with E-state index in [1.807, 2.05) is 0 Å². The highest BCUT2D eigenvalue weighted by atomic mass is 32.2. The van der Waals surface area contributed by atoms with Crippen LogP contribution in [0.1, 0.15) is 19.3 Å². The molecule has 0 aliphatic rings. The number of nitrogens with two attached hydrogens (primary N) is 1. The van der Waals surface area contributed by atoms with E-state index in [-0.39, 0.29) is 5.91 Å². The first kappa shape index (κ1) is 15.5. The van der Waals surface area contributed by atoms with Crippen LogP contribution in [0.4, 0.5) is 0 Å². The lowest BCUT2D eigenvalue weighted by Gasteiger charge is -2.11. The Morgan fingerprint density at radius 2 is 2.19 bits per heavy atom. The summed E-state index contributed by atoms with van der Waals surface area (Å²) < 4.78 is 15.6. The van der Waals surface area contributed by atoms with Gasteiger partial charge in [-0.1, -0.05) is 0 Å². The molecule has 0 aliphatic heterocycles. The normalized spacial score (nSPS) is 14.4. The second-order valence-electron chi connectivity index (χ2n) is 3.66. The van der Waals surface area contributed by atoms with Crippen LogP contribution in [0.5, 0.6) is 0 Å². The minimum absolute atomic E-state index is 0.141. The van der Waals surface area contributed by atoms with Crippen molar-refractivity contribution >= 4 is 16.7 Å². The maximum atomic E-state index is 11.4. The van der Waals surface area contributed by atoms with Crippen molar-refractivity contribution in [3.05, 3.63) is 0 Å². The minimum Gasteiger partial charge on any atom is -0.385 e. The number of nitrogens with one attached hydrogen (secondary N) is 1. The molecule has 0 saturated carbocycles. The van der Waals surface area contributed by atoms with Crippen LogP contribution in [0.2, 0.25) is 0 Å². The fourth-order valence-corrected chi connectivity index (χ4v) is 1.75. The lowest BCUT2D eigenvalue weighted by atomic mass is 10.1. The zero-order chi connectivity index (χ0) is 12.4. The van der Waals surface area contributed by atoms with Crippen molar-refractivity contribution in [1.29, 1.82) is 0 Å². The third kappa shape index (κ3) is 8.82. The SMILES string of the molecule is COCCCC(N)C(=O)NCCCS(C)=O. The Morgan fingerprint density at radius 1 is 1.50 bits per heavy atom. The molecule has 0 aromatic rings.